The zero-order valence-corrected chi connectivity index (χ0v) is 12.8. The van der Waals surface area contributed by atoms with Crippen LogP contribution in [0, 0.1) is 23.0 Å². The molecule has 0 unspecified atom stereocenters. The Balaban J connectivity index is 2.07. The fourth-order valence-electron chi connectivity index (χ4n) is 2.69. The number of carbonyl (C=O) groups is 1. The number of esters is 1. The van der Waals surface area contributed by atoms with Gasteiger partial charge in [0.2, 0.25) is 0 Å². The molecular weight excluding hydrogens is 288 g/mol. The minimum atomic E-state index is -0.779. The molecule has 1 aliphatic rings. The highest BCUT2D eigenvalue weighted by atomic mass is 16.6. The van der Waals surface area contributed by atoms with Gasteiger partial charge < -0.3 is 4.74 Å². The molecule has 0 amide bonds. The molecule has 0 spiro atoms. The van der Waals surface area contributed by atoms with Crippen LogP contribution in [0.5, 0.6) is 0 Å². The zero-order chi connectivity index (χ0) is 16.3. The summed E-state index contributed by atoms with van der Waals surface area (Å²) in [4.78, 5) is 34.1. The van der Waals surface area contributed by atoms with Gasteiger partial charge in [0.25, 0.3) is 0 Å². The van der Waals surface area contributed by atoms with Crippen LogP contribution in [-0.2, 0) is 16.1 Å². The maximum Gasteiger partial charge on any atom is 0.334 e. The first-order valence-corrected chi connectivity index (χ1v) is 7.42. The van der Waals surface area contributed by atoms with Gasteiger partial charge in [0, 0.05) is 11.8 Å². The van der Waals surface area contributed by atoms with Crippen molar-refractivity contribution >= 4 is 11.7 Å². The largest absolute Gasteiger partial charge is 0.461 e. The van der Waals surface area contributed by atoms with Gasteiger partial charge in [-0.15, -0.1) is 0 Å². The Bertz CT molecular complexity index is 629. The molecule has 0 atom stereocenters. The predicted molar refractivity (Wildman–Crippen MR) is 79.6 cm³/mol. The van der Waals surface area contributed by atoms with Crippen LogP contribution in [0.1, 0.15) is 38.3 Å². The number of hydrogen-bond acceptors (Lipinski definition) is 5. The normalized spacial score (nSPS) is 21.4. The number of nitro groups is 1. The lowest BCUT2D eigenvalue weighted by atomic mass is 9.89. The third-order valence-corrected chi connectivity index (χ3v) is 4.12. The molecule has 2 rings (SSSR count). The van der Waals surface area contributed by atoms with E-state index in [9.17, 15) is 19.7 Å². The highest BCUT2D eigenvalue weighted by Gasteiger charge is 2.23. The van der Waals surface area contributed by atoms with Crippen molar-refractivity contribution < 1.29 is 14.5 Å². The Morgan fingerprint density at radius 3 is 2.59 bits per heavy atom. The topological polar surface area (TPSA) is 91.4 Å². The zero-order valence-electron chi connectivity index (χ0n) is 12.8. The summed E-state index contributed by atoms with van der Waals surface area (Å²) in [5, 5.41) is 10.8. The van der Waals surface area contributed by atoms with Gasteiger partial charge in [0.15, 0.2) is 0 Å². The van der Waals surface area contributed by atoms with Gasteiger partial charge in [-0.1, -0.05) is 6.92 Å². The van der Waals surface area contributed by atoms with Gasteiger partial charge in [-0.05, 0) is 44.6 Å². The second kappa shape index (κ2) is 6.72. The predicted octanol–water partition coefficient (Wildman–Crippen LogP) is 2.19. The second-order valence-corrected chi connectivity index (χ2v) is 5.88. The van der Waals surface area contributed by atoms with Crippen molar-refractivity contribution in [3.05, 3.63) is 38.3 Å². The van der Waals surface area contributed by atoms with E-state index in [0.29, 0.717) is 11.6 Å². The van der Waals surface area contributed by atoms with Crippen LogP contribution in [0.2, 0.25) is 0 Å². The Hall–Kier alpha value is -2.18. The lowest BCUT2D eigenvalue weighted by Crippen LogP contribution is -2.31. The standard InChI is InChI=1S/C15H20N2O5/c1-10-3-6-12(7-4-10)22-14(18)9-16-11(2)5-8-13(15(16)19)17(20)21/h5,8,10,12H,3-4,6-7,9H2,1-2H3. The molecule has 1 saturated carbocycles. The summed E-state index contributed by atoms with van der Waals surface area (Å²) in [6, 6.07) is 2.61. The van der Waals surface area contributed by atoms with Crippen molar-refractivity contribution in [2.45, 2.75) is 52.2 Å². The fourth-order valence-corrected chi connectivity index (χ4v) is 2.69. The number of ether oxygens (including phenoxy) is 1. The van der Waals surface area contributed by atoms with Crippen LogP contribution >= 0.6 is 0 Å². The van der Waals surface area contributed by atoms with E-state index in [-0.39, 0.29) is 12.6 Å². The third-order valence-electron chi connectivity index (χ3n) is 4.12. The number of pyridine rings is 1. The Kier molecular flexibility index (Phi) is 4.95. The van der Waals surface area contributed by atoms with Gasteiger partial charge in [-0.25, -0.2) is 0 Å². The maximum atomic E-state index is 12.0. The molecule has 0 radical (unpaired) electrons. The van der Waals surface area contributed by atoms with Crippen molar-refractivity contribution in [2.75, 3.05) is 0 Å². The molecule has 1 fully saturated rings. The molecule has 1 aromatic rings. The molecule has 0 bridgehead atoms. The van der Waals surface area contributed by atoms with Crippen LogP contribution in [0.4, 0.5) is 5.69 Å². The average Bonchev–Trinajstić information content (AvgIpc) is 2.45. The SMILES string of the molecule is Cc1ccc([N+](=O)[O-])c(=O)n1CC(=O)OC1CCC(C)CC1. The highest BCUT2D eigenvalue weighted by molar-refractivity contribution is 5.69. The molecule has 1 heterocycles. The van der Waals surface area contributed by atoms with E-state index >= 15 is 0 Å². The lowest BCUT2D eigenvalue weighted by Gasteiger charge is -2.26. The van der Waals surface area contributed by atoms with E-state index in [1.54, 1.807) is 6.92 Å². The van der Waals surface area contributed by atoms with Crippen molar-refractivity contribution in [1.29, 1.82) is 0 Å². The molecule has 0 aromatic carbocycles. The quantitative estimate of drug-likeness (QED) is 0.483. The molecule has 0 saturated heterocycles. The van der Waals surface area contributed by atoms with E-state index in [1.165, 1.54) is 6.07 Å². The van der Waals surface area contributed by atoms with Gasteiger partial charge in [-0.2, -0.15) is 0 Å². The van der Waals surface area contributed by atoms with Crippen LogP contribution in [-0.4, -0.2) is 21.6 Å². The van der Waals surface area contributed by atoms with Crippen molar-refractivity contribution in [2.24, 2.45) is 5.92 Å². The van der Waals surface area contributed by atoms with Gasteiger partial charge >= 0.3 is 17.2 Å². The molecule has 120 valence electrons. The number of aromatic nitrogens is 1. The lowest BCUT2D eigenvalue weighted by molar-refractivity contribution is -0.386. The van der Waals surface area contributed by atoms with Crippen molar-refractivity contribution in [1.82, 2.24) is 4.57 Å². The van der Waals surface area contributed by atoms with Crippen molar-refractivity contribution in [3.63, 3.8) is 0 Å². The summed E-state index contributed by atoms with van der Waals surface area (Å²) < 4.78 is 6.47. The second-order valence-electron chi connectivity index (χ2n) is 5.88. The van der Waals surface area contributed by atoms with Gasteiger partial charge in [0.05, 0.1) is 4.92 Å². The summed E-state index contributed by atoms with van der Waals surface area (Å²) in [7, 11) is 0. The monoisotopic (exact) mass is 308 g/mol. The average molecular weight is 308 g/mol. The summed E-state index contributed by atoms with van der Waals surface area (Å²) in [5.74, 6) is 0.127. The number of carbonyl (C=O) groups excluding carboxylic acids is 1. The van der Waals surface area contributed by atoms with Crippen LogP contribution < -0.4 is 5.56 Å². The minimum absolute atomic E-state index is 0.113. The Labute approximate surface area is 128 Å². The van der Waals surface area contributed by atoms with E-state index in [4.69, 9.17) is 4.74 Å². The molecule has 0 N–H and O–H groups in total. The first-order valence-electron chi connectivity index (χ1n) is 7.42. The summed E-state index contributed by atoms with van der Waals surface area (Å²) >= 11 is 0. The number of nitrogens with zero attached hydrogens (tertiary/aromatic N) is 2. The van der Waals surface area contributed by atoms with Gasteiger partial charge in [0.1, 0.15) is 12.6 Å². The first-order chi connectivity index (χ1) is 10.4. The molecule has 7 heteroatoms. The maximum absolute atomic E-state index is 12.0. The minimum Gasteiger partial charge on any atom is -0.461 e. The van der Waals surface area contributed by atoms with E-state index in [2.05, 4.69) is 6.92 Å². The van der Waals surface area contributed by atoms with E-state index in [1.807, 2.05) is 0 Å². The van der Waals surface area contributed by atoms with Crippen LogP contribution in [0.3, 0.4) is 0 Å². The van der Waals surface area contributed by atoms with Gasteiger partial charge in [-0.3, -0.25) is 24.3 Å². The third kappa shape index (κ3) is 3.72. The summed E-state index contributed by atoms with van der Waals surface area (Å²) in [6.45, 7) is 3.50. The molecule has 22 heavy (non-hydrogen) atoms. The Morgan fingerprint density at radius 2 is 2.00 bits per heavy atom. The van der Waals surface area contributed by atoms with Crippen LogP contribution in [0.15, 0.2) is 16.9 Å². The first kappa shape index (κ1) is 16.2. The van der Waals surface area contributed by atoms with Crippen LogP contribution in [0.25, 0.3) is 0 Å². The molecule has 0 aliphatic heterocycles. The number of rotatable bonds is 4. The van der Waals surface area contributed by atoms with E-state index in [0.717, 1.165) is 36.3 Å². The molecule has 7 nitrogen and oxygen atoms in total. The summed E-state index contributed by atoms with van der Waals surface area (Å²) in [5.41, 5.74) is -0.825. The smallest absolute Gasteiger partial charge is 0.334 e. The molecule has 1 aliphatic carbocycles. The highest BCUT2D eigenvalue weighted by Crippen LogP contribution is 2.25. The Morgan fingerprint density at radius 1 is 1.36 bits per heavy atom. The van der Waals surface area contributed by atoms with Crippen molar-refractivity contribution in [3.8, 4) is 0 Å². The fraction of sp³-hybridized carbons (Fsp3) is 0.600. The number of hydrogen-bond donors (Lipinski definition) is 0. The molecule has 1 aromatic heterocycles. The molecular formula is C15H20N2O5. The summed E-state index contributed by atoms with van der Waals surface area (Å²) in [6.07, 6.45) is 3.59. The number of aryl methyl sites for hydroxylation is 1. The van der Waals surface area contributed by atoms with E-state index < -0.39 is 22.1 Å².